The van der Waals surface area contributed by atoms with Gasteiger partial charge in [-0.25, -0.2) is 0 Å². The van der Waals surface area contributed by atoms with Gasteiger partial charge in [-0.1, -0.05) is 17.7 Å². The summed E-state index contributed by atoms with van der Waals surface area (Å²) in [6.07, 6.45) is 0.444. The van der Waals surface area contributed by atoms with E-state index in [-0.39, 0.29) is 0 Å². The summed E-state index contributed by atoms with van der Waals surface area (Å²) in [6.45, 7) is 6.48. The van der Waals surface area contributed by atoms with Crippen LogP contribution < -0.4 is 10.5 Å². The molecule has 4 heteroatoms. The summed E-state index contributed by atoms with van der Waals surface area (Å²) in [4.78, 5) is 11.1. The maximum Gasteiger partial charge on any atom is 0.322 e. The van der Waals surface area contributed by atoms with E-state index in [1.807, 2.05) is 13.8 Å². The number of benzene rings is 1. The molecule has 0 spiro atoms. The Morgan fingerprint density at radius 2 is 1.83 bits per heavy atom. The van der Waals surface area contributed by atoms with Crippen LogP contribution in [0.1, 0.15) is 23.1 Å². The first kappa shape index (κ1) is 14.5. The third-order valence-electron chi connectivity index (χ3n) is 2.78. The van der Waals surface area contributed by atoms with Crippen LogP contribution in [0.5, 0.6) is 5.75 Å². The van der Waals surface area contributed by atoms with E-state index in [9.17, 15) is 4.79 Å². The fourth-order valence-corrected chi connectivity index (χ4v) is 1.95. The first-order valence-corrected chi connectivity index (χ1v) is 5.99. The zero-order valence-electron chi connectivity index (χ0n) is 11.4. The molecule has 100 valence electrons. The van der Waals surface area contributed by atoms with Crippen LogP contribution >= 0.6 is 0 Å². The van der Waals surface area contributed by atoms with Crippen LogP contribution in [0.15, 0.2) is 12.1 Å². The molecule has 4 nitrogen and oxygen atoms in total. The molecular weight excluding hydrogens is 230 g/mol. The van der Waals surface area contributed by atoms with E-state index in [0.717, 1.165) is 16.9 Å². The Kier molecular flexibility index (Phi) is 5.16. The summed E-state index contributed by atoms with van der Waals surface area (Å²) in [5.41, 5.74) is 9.04. The molecule has 1 aromatic carbocycles. The second-order valence-electron chi connectivity index (χ2n) is 4.49. The number of esters is 1. The first-order valence-electron chi connectivity index (χ1n) is 5.99. The van der Waals surface area contributed by atoms with Gasteiger partial charge in [-0.05, 0) is 31.9 Å². The third-order valence-corrected chi connectivity index (χ3v) is 2.78. The van der Waals surface area contributed by atoms with E-state index in [2.05, 4.69) is 23.8 Å². The van der Waals surface area contributed by atoms with Crippen LogP contribution in [-0.2, 0) is 9.53 Å². The van der Waals surface area contributed by atoms with Crippen molar-refractivity contribution < 1.29 is 14.3 Å². The minimum absolute atomic E-state index is 0.404. The number of nitrogens with two attached hydrogens (primary N) is 1. The molecule has 0 aliphatic carbocycles. The lowest BCUT2D eigenvalue weighted by atomic mass is 10.1. The Bertz CT molecular complexity index is 406. The molecule has 0 heterocycles. The monoisotopic (exact) mass is 251 g/mol. The standard InChI is InChI=1S/C14H21NO3/c1-9-7-10(2)13(11(3)8-9)18-6-5-12(15)14(16)17-4/h7-8,12H,5-6,15H2,1-4H3. The molecule has 1 unspecified atom stereocenters. The van der Waals surface area contributed by atoms with Gasteiger partial charge < -0.3 is 15.2 Å². The highest BCUT2D eigenvalue weighted by Crippen LogP contribution is 2.24. The summed E-state index contributed by atoms with van der Waals surface area (Å²) < 4.78 is 10.3. The Balaban J connectivity index is 2.57. The summed E-state index contributed by atoms with van der Waals surface area (Å²) in [7, 11) is 1.33. The second kappa shape index (κ2) is 6.40. The SMILES string of the molecule is COC(=O)C(N)CCOc1c(C)cc(C)cc1C. The van der Waals surface area contributed by atoms with Crippen molar-refractivity contribution in [2.45, 2.75) is 33.2 Å². The molecular formula is C14H21NO3. The fraction of sp³-hybridized carbons (Fsp3) is 0.500. The molecule has 0 radical (unpaired) electrons. The highest BCUT2D eigenvalue weighted by Gasteiger charge is 2.14. The summed E-state index contributed by atoms with van der Waals surface area (Å²) >= 11 is 0. The number of hydrogen-bond donors (Lipinski definition) is 1. The molecule has 0 saturated heterocycles. The molecule has 1 aromatic rings. The van der Waals surface area contributed by atoms with Gasteiger partial charge in [0.05, 0.1) is 13.7 Å². The molecule has 0 aromatic heterocycles. The van der Waals surface area contributed by atoms with Crippen molar-refractivity contribution in [3.05, 3.63) is 28.8 Å². The first-order chi connectivity index (χ1) is 8.45. The molecule has 0 amide bonds. The second-order valence-corrected chi connectivity index (χ2v) is 4.49. The van der Waals surface area contributed by atoms with Crippen molar-refractivity contribution in [2.75, 3.05) is 13.7 Å². The molecule has 0 bridgehead atoms. The predicted octanol–water partition coefficient (Wildman–Crippen LogP) is 1.88. The number of carbonyl (C=O) groups excluding carboxylic acids is 1. The van der Waals surface area contributed by atoms with Gasteiger partial charge in [0, 0.05) is 6.42 Å². The Labute approximate surface area is 108 Å². The van der Waals surface area contributed by atoms with Gasteiger partial charge in [0.25, 0.3) is 0 Å². The van der Waals surface area contributed by atoms with Crippen molar-refractivity contribution >= 4 is 5.97 Å². The van der Waals surface area contributed by atoms with Gasteiger partial charge in [0.2, 0.25) is 0 Å². The normalized spacial score (nSPS) is 12.1. The van der Waals surface area contributed by atoms with Gasteiger partial charge >= 0.3 is 5.97 Å². The van der Waals surface area contributed by atoms with Crippen LogP contribution in [0, 0.1) is 20.8 Å². The smallest absolute Gasteiger partial charge is 0.322 e. The largest absolute Gasteiger partial charge is 0.493 e. The lowest BCUT2D eigenvalue weighted by molar-refractivity contribution is -0.142. The molecule has 0 saturated carbocycles. The summed E-state index contributed by atoms with van der Waals surface area (Å²) in [5.74, 6) is 0.466. The molecule has 0 fully saturated rings. The highest BCUT2D eigenvalue weighted by atomic mass is 16.5. The van der Waals surface area contributed by atoms with Gasteiger partial charge in [0.15, 0.2) is 0 Å². The molecule has 1 rings (SSSR count). The maximum absolute atomic E-state index is 11.1. The van der Waals surface area contributed by atoms with Crippen LogP contribution in [-0.4, -0.2) is 25.7 Å². The van der Waals surface area contributed by atoms with Crippen LogP contribution in [0.2, 0.25) is 0 Å². The average molecular weight is 251 g/mol. The van der Waals surface area contributed by atoms with Gasteiger partial charge in [-0.2, -0.15) is 0 Å². The number of rotatable bonds is 5. The zero-order valence-corrected chi connectivity index (χ0v) is 11.4. The van der Waals surface area contributed by atoms with E-state index in [1.54, 1.807) is 0 Å². The van der Waals surface area contributed by atoms with Crippen molar-refractivity contribution in [3.63, 3.8) is 0 Å². The minimum Gasteiger partial charge on any atom is -0.493 e. The topological polar surface area (TPSA) is 61.5 Å². The van der Waals surface area contributed by atoms with E-state index in [1.165, 1.54) is 12.7 Å². The van der Waals surface area contributed by atoms with Crippen LogP contribution in [0.25, 0.3) is 0 Å². The van der Waals surface area contributed by atoms with E-state index in [4.69, 9.17) is 10.5 Å². The van der Waals surface area contributed by atoms with E-state index in [0.29, 0.717) is 13.0 Å². The third kappa shape index (κ3) is 3.74. The summed E-state index contributed by atoms with van der Waals surface area (Å²) in [5, 5.41) is 0. The molecule has 18 heavy (non-hydrogen) atoms. The Hall–Kier alpha value is -1.55. The van der Waals surface area contributed by atoms with Crippen LogP contribution in [0.3, 0.4) is 0 Å². The minimum atomic E-state index is -0.624. The number of hydrogen-bond acceptors (Lipinski definition) is 4. The lowest BCUT2D eigenvalue weighted by Gasteiger charge is -2.14. The lowest BCUT2D eigenvalue weighted by Crippen LogP contribution is -2.33. The van der Waals surface area contributed by atoms with Crippen molar-refractivity contribution in [1.29, 1.82) is 0 Å². The van der Waals surface area contributed by atoms with Gasteiger partial charge in [-0.3, -0.25) is 4.79 Å². The maximum atomic E-state index is 11.1. The molecule has 0 aliphatic heterocycles. The quantitative estimate of drug-likeness (QED) is 0.812. The van der Waals surface area contributed by atoms with E-state index >= 15 is 0 Å². The number of ether oxygens (including phenoxy) is 2. The number of carbonyl (C=O) groups is 1. The fourth-order valence-electron chi connectivity index (χ4n) is 1.95. The van der Waals surface area contributed by atoms with Gasteiger partial charge in [0.1, 0.15) is 11.8 Å². The number of methoxy groups -OCH3 is 1. The van der Waals surface area contributed by atoms with E-state index < -0.39 is 12.0 Å². The van der Waals surface area contributed by atoms with Gasteiger partial charge in [-0.15, -0.1) is 0 Å². The predicted molar refractivity (Wildman–Crippen MR) is 70.8 cm³/mol. The van der Waals surface area contributed by atoms with Crippen molar-refractivity contribution in [2.24, 2.45) is 5.73 Å². The van der Waals surface area contributed by atoms with Crippen LogP contribution in [0.4, 0.5) is 0 Å². The highest BCUT2D eigenvalue weighted by molar-refractivity contribution is 5.75. The molecule has 1 atom stereocenters. The molecule has 0 aliphatic rings. The number of aryl methyl sites for hydroxylation is 3. The van der Waals surface area contributed by atoms with Crippen molar-refractivity contribution in [1.82, 2.24) is 0 Å². The van der Waals surface area contributed by atoms with Crippen molar-refractivity contribution in [3.8, 4) is 5.75 Å². The Morgan fingerprint density at radius 3 is 2.33 bits per heavy atom. The summed E-state index contributed by atoms with van der Waals surface area (Å²) in [6, 6.07) is 3.52. The average Bonchev–Trinajstić information content (AvgIpc) is 2.31. The molecule has 2 N–H and O–H groups in total. The zero-order chi connectivity index (χ0) is 13.7. The Morgan fingerprint density at radius 1 is 1.28 bits per heavy atom.